The fourth-order valence-electron chi connectivity index (χ4n) is 2.32. The van der Waals surface area contributed by atoms with E-state index in [2.05, 4.69) is 5.32 Å². The molecule has 2 aromatic carbocycles. The lowest BCUT2D eigenvalue weighted by molar-refractivity contribution is -0.119. The number of hydrogen-bond acceptors (Lipinski definition) is 5. The number of hydrogen-bond donors (Lipinski definition) is 1. The van der Waals surface area contributed by atoms with Gasteiger partial charge in [0, 0.05) is 5.39 Å². The third kappa shape index (κ3) is 3.92. The molecule has 1 amide bonds. The minimum atomic E-state index is -0.936. The van der Waals surface area contributed by atoms with Crippen LogP contribution >= 0.6 is 11.6 Å². The topological polar surface area (TPSA) is 85.6 Å². The molecule has 0 aliphatic heterocycles. The van der Waals surface area contributed by atoms with Crippen LogP contribution in [0.5, 0.6) is 0 Å². The second kappa shape index (κ2) is 7.41. The molecule has 0 fully saturated rings. The van der Waals surface area contributed by atoms with Crippen LogP contribution in [0.3, 0.4) is 0 Å². The number of amides is 1. The molecule has 1 aromatic heterocycles. The normalized spacial score (nSPS) is 10.5. The molecule has 3 rings (SSSR count). The van der Waals surface area contributed by atoms with Gasteiger partial charge in [-0.2, -0.15) is 0 Å². The lowest BCUT2D eigenvalue weighted by Crippen LogP contribution is -2.23. The average molecular weight is 372 g/mol. The van der Waals surface area contributed by atoms with Crippen LogP contribution in [-0.4, -0.2) is 18.5 Å². The number of carbonyl (C=O) groups excluding carboxylic acids is 2. The number of benzene rings is 2. The predicted molar refractivity (Wildman–Crippen MR) is 97.6 cm³/mol. The van der Waals surface area contributed by atoms with E-state index in [1.165, 1.54) is 6.07 Å². The maximum atomic E-state index is 12.1. The summed E-state index contributed by atoms with van der Waals surface area (Å²) < 4.78 is 9.97. The molecule has 6 nitrogen and oxygen atoms in total. The van der Waals surface area contributed by atoms with E-state index in [0.29, 0.717) is 21.7 Å². The zero-order valence-electron chi connectivity index (χ0n) is 13.7. The van der Waals surface area contributed by atoms with Gasteiger partial charge in [0.2, 0.25) is 0 Å². The molecule has 0 bridgehead atoms. The second-order valence-corrected chi connectivity index (χ2v) is 6.00. The van der Waals surface area contributed by atoms with Gasteiger partial charge in [-0.1, -0.05) is 35.9 Å². The van der Waals surface area contributed by atoms with Crippen molar-refractivity contribution in [3.05, 3.63) is 75.1 Å². The number of para-hydroxylation sites is 1. The van der Waals surface area contributed by atoms with E-state index in [1.807, 2.05) is 6.92 Å². The number of rotatable bonds is 4. The van der Waals surface area contributed by atoms with Crippen LogP contribution in [0.25, 0.3) is 11.0 Å². The number of fused-ring (bicyclic) bond motifs is 1. The van der Waals surface area contributed by atoms with Crippen molar-refractivity contribution in [2.75, 3.05) is 11.9 Å². The Labute approximate surface area is 153 Å². The molecule has 0 saturated carbocycles. The van der Waals surface area contributed by atoms with Crippen LogP contribution < -0.4 is 10.9 Å². The number of esters is 1. The van der Waals surface area contributed by atoms with Gasteiger partial charge in [0.1, 0.15) is 11.1 Å². The van der Waals surface area contributed by atoms with Crippen molar-refractivity contribution in [1.29, 1.82) is 0 Å². The molecule has 0 unspecified atom stereocenters. The summed E-state index contributed by atoms with van der Waals surface area (Å²) in [6, 6.07) is 13.3. The van der Waals surface area contributed by atoms with Gasteiger partial charge in [0.15, 0.2) is 6.61 Å². The summed E-state index contributed by atoms with van der Waals surface area (Å²) in [4.78, 5) is 35.9. The van der Waals surface area contributed by atoms with Crippen molar-refractivity contribution < 1.29 is 18.7 Å². The lowest BCUT2D eigenvalue weighted by Gasteiger charge is -2.08. The van der Waals surface area contributed by atoms with Crippen LogP contribution in [0.15, 0.2) is 57.7 Å². The van der Waals surface area contributed by atoms with Gasteiger partial charge in [-0.15, -0.1) is 0 Å². The summed E-state index contributed by atoms with van der Waals surface area (Å²) in [7, 11) is 0. The number of aryl methyl sites for hydroxylation is 1. The minimum Gasteiger partial charge on any atom is -0.452 e. The molecule has 3 aromatic rings. The molecule has 0 radical (unpaired) electrons. The Morgan fingerprint density at radius 2 is 1.92 bits per heavy atom. The molecule has 0 aliphatic carbocycles. The minimum absolute atomic E-state index is 0.273. The summed E-state index contributed by atoms with van der Waals surface area (Å²) in [5.74, 6) is -1.51. The van der Waals surface area contributed by atoms with E-state index in [-0.39, 0.29) is 5.56 Å². The third-order valence-electron chi connectivity index (χ3n) is 3.59. The number of carbonyl (C=O) groups is 2. The Bertz CT molecular complexity index is 1060. The zero-order chi connectivity index (χ0) is 18.7. The molecule has 0 atom stereocenters. The third-order valence-corrected chi connectivity index (χ3v) is 3.91. The van der Waals surface area contributed by atoms with Crippen molar-refractivity contribution in [2.45, 2.75) is 6.92 Å². The van der Waals surface area contributed by atoms with Crippen molar-refractivity contribution in [1.82, 2.24) is 0 Å². The molecule has 7 heteroatoms. The highest BCUT2D eigenvalue weighted by atomic mass is 35.5. The molecule has 1 heterocycles. The van der Waals surface area contributed by atoms with Crippen molar-refractivity contribution in [3.8, 4) is 0 Å². The smallest absolute Gasteiger partial charge is 0.351 e. The van der Waals surface area contributed by atoms with Gasteiger partial charge in [-0.05, 0) is 36.8 Å². The van der Waals surface area contributed by atoms with Crippen LogP contribution in [0.2, 0.25) is 5.02 Å². The first-order valence-electron chi connectivity index (χ1n) is 7.70. The number of anilines is 1. The summed E-state index contributed by atoms with van der Waals surface area (Å²) in [5.41, 5.74) is 0.618. The highest BCUT2D eigenvalue weighted by molar-refractivity contribution is 6.33. The second-order valence-electron chi connectivity index (χ2n) is 5.59. The fraction of sp³-hybridized carbons (Fsp3) is 0.105. The first-order valence-corrected chi connectivity index (χ1v) is 8.08. The highest BCUT2D eigenvalue weighted by Crippen LogP contribution is 2.22. The van der Waals surface area contributed by atoms with Crippen LogP contribution in [-0.2, 0) is 9.53 Å². The van der Waals surface area contributed by atoms with Gasteiger partial charge in [-0.3, -0.25) is 4.79 Å². The molecule has 0 saturated heterocycles. The quantitative estimate of drug-likeness (QED) is 0.560. The first-order chi connectivity index (χ1) is 12.4. The average Bonchev–Trinajstić information content (AvgIpc) is 2.61. The van der Waals surface area contributed by atoms with Gasteiger partial charge in [-0.25, -0.2) is 9.59 Å². The Morgan fingerprint density at radius 1 is 1.15 bits per heavy atom. The molecule has 132 valence electrons. The lowest BCUT2D eigenvalue weighted by atomic mass is 10.2. The van der Waals surface area contributed by atoms with Crippen LogP contribution in [0.1, 0.15) is 15.9 Å². The molecule has 1 N–H and O–H groups in total. The highest BCUT2D eigenvalue weighted by Gasteiger charge is 2.17. The molecular formula is C19H14ClNO5. The van der Waals surface area contributed by atoms with Crippen molar-refractivity contribution >= 4 is 40.1 Å². The van der Waals surface area contributed by atoms with Gasteiger partial charge in [0.05, 0.1) is 10.7 Å². The molecule has 26 heavy (non-hydrogen) atoms. The summed E-state index contributed by atoms with van der Waals surface area (Å²) >= 11 is 6.03. The summed E-state index contributed by atoms with van der Waals surface area (Å²) in [6.07, 6.45) is 0. The Balaban J connectivity index is 1.67. The number of halogens is 1. The Kier molecular flexibility index (Phi) is 5.04. The van der Waals surface area contributed by atoms with Crippen LogP contribution in [0, 0.1) is 6.92 Å². The summed E-state index contributed by atoms with van der Waals surface area (Å²) in [6.45, 7) is 1.31. The van der Waals surface area contributed by atoms with Crippen molar-refractivity contribution in [2.24, 2.45) is 0 Å². The van der Waals surface area contributed by atoms with Gasteiger partial charge < -0.3 is 14.5 Å². The van der Waals surface area contributed by atoms with E-state index in [4.69, 9.17) is 20.8 Å². The molecule has 0 spiro atoms. The van der Waals surface area contributed by atoms with E-state index in [9.17, 15) is 14.4 Å². The van der Waals surface area contributed by atoms with Crippen molar-refractivity contribution in [3.63, 3.8) is 0 Å². The van der Waals surface area contributed by atoms with Gasteiger partial charge >= 0.3 is 11.6 Å². The van der Waals surface area contributed by atoms with Crippen LogP contribution in [0.4, 0.5) is 5.69 Å². The van der Waals surface area contributed by atoms with E-state index >= 15 is 0 Å². The number of nitrogens with one attached hydrogen (secondary N) is 1. The maximum absolute atomic E-state index is 12.1. The number of ether oxygens (including phenoxy) is 1. The monoisotopic (exact) mass is 371 g/mol. The summed E-state index contributed by atoms with van der Waals surface area (Å²) in [5, 5.41) is 3.49. The Morgan fingerprint density at radius 3 is 2.69 bits per heavy atom. The maximum Gasteiger partial charge on any atom is 0.351 e. The van der Waals surface area contributed by atoms with E-state index in [1.54, 1.807) is 42.5 Å². The fourth-order valence-corrected chi connectivity index (χ4v) is 2.60. The zero-order valence-corrected chi connectivity index (χ0v) is 14.5. The standard InChI is InChI=1S/C19H14ClNO5/c1-11-6-7-15(14(20)8-11)21-17(22)10-25-18(23)13-9-12-4-2-3-5-16(12)26-19(13)24/h2-9H,10H2,1H3,(H,21,22). The van der Waals surface area contributed by atoms with E-state index in [0.717, 1.165) is 5.56 Å². The molecule has 0 aliphatic rings. The molecular weight excluding hydrogens is 358 g/mol. The Hall–Kier alpha value is -3.12. The van der Waals surface area contributed by atoms with Gasteiger partial charge in [0.25, 0.3) is 5.91 Å². The SMILES string of the molecule is Cc1ccc(NC(=O)COC(=O)c2cc3ccccc3oc2=O)c(Cl)c1. The largest absolute Gasteiger partial charge is 0.452 e. The first kappa shape index (κ1) is 17.7. The van der Waals surface area contributed by atoms with E-state index < -0.39 is 24.1 Å². The predicted octanol–water partition coefficient (Wildman–Crippen LogP) is 3.55.